The van der Waals surface area contributed by atoms with E-state index in [1.54, 1.807) is 12.1 Å². The molecule has 1 aliphatic rings. The Morgan fingerprint density at radius 2 is 2.38 bits per heavy atom. The van der Waals surface area contributed by atoms with Gasteiger partial charge in [-0.1, -0.05) is 12.1 Å². The van der Waals surface area contributed by atoms with Gasteiger partial charge in [0.1, 0.15) is 0 Å². The van der Waals surface area contributed by atoms with Crippen molar-refractivity contribution < 1.29 is 19.0 Å². The fourth-order valence-electron chi connectivity index (χ4n) is 1.37. The van der Waals surface area contributed by atoms with E-state index in [4.69, 9.17) is 9.84 Å². The molecule has 0 aromatic heterocycles. The molecule has 13 heavy (non-hydrogen) atoms. The zero-order chi connectivity index (χ0) is 9.42. The molecule has 4 heteroatoms. The number of rotatable bonds is 1. The number of benzene rings is 1. The summed E-state index contributed by atoms with van der Waals surface area (Å²) in [5.41, 5.74) is 0.618. The van der Waals surface area contributed by atoms with E-state index in [0.717, 1.165) is 0 Å². The van der Waals surface area contributed by atoms with Crippen LogP contribution in [0.15, 0.2) is 18.2 Å². The molecule has 1 aliphatic heterocycles. The lowest BCUT2D eigenvalue weighted by Crippen LogP contribution is -2.24. The van der Waals surface area contributed by atoms with Crippen LogP contribution in [0.25, 0.3) is 0 Å². The van der Waals surface area contributed by atoms with Crippen LogP contribution in [0.4, 0.5) is 4.39 Å². The fraction of sp³-hybridized carbons (Fsp3) is 0.222. The SMILES string of the molecule is O=C(O)C1Cc2cccc(F)c2O1. The lowest BCUT2D eigenvalue weighted by molar-refractivity contribution is -0.144. The normalized spacial score (nSPS) is 19.3. The highest BCUT2D eigenvalue weighted by atomic mass is 19.1. The van der Waals surface area contributed by atoms with Crippen molar-refractivity contribution in [3.05, 3.63) is 29.6 Å². The number of fused-ring (bicyclic) bond motifs is 1. The molecule has 0 aliphatic carbocycles. The predicted molar refractivity (Wildman–Crippen MR) is 42.2 cm³/mol. The molecule has 0 spiro atoms. The van der Waals surface area contributed by atoms with E-state index in [0.29, 0.717) is 5.56 Å². The molecule has 3 nitrogen and oxygen atoms in total. The summed E-state index contributed by atoms with van der Waals surface area (Å²) in [6, 6.07) is 4.46. The van der Waals surface area contributed by atoms with Gasteiger partial charge in [-0.15, -0.1) is 0 Å². The summed E-state index contributed by atoms with van der Waals surface area (Å²) in [7, 11) is 0. The Morgan fingerprint density at radius 1 is 1.62 bits per heavy atom. The third-order valence-corrected chi connectivity index (χ3v) is 1.99. The maximum Gasteiger partial charge on any atom is 0.345 e. The number of halogens is 1. The molecular weight excluding hydrogens is 175 g/mol. The van der Waals surface area contributed by atoms with Crippen LogP contribution in [-0.4, -0.2) is 17.2 Å². The zero-order valence-corrected chi connectivity index (χ0v) is 6.66. The van der Waals surface area contributed by atoms with Gasteiger partial charge in [-0.05, 0) is 6.07 Å². The highest BCUT2D eigenvalue weighted by Crippen LogP contribution is 2.31. The summed E-state index contributed by atoms with van der Waals surface area (Å²) < 4.78 is 17.9. The quantitative estimate of drug-likeness (QED) is 0.710. The molecule has 0 radical (unpaired) electrons. The second kappa shape index (κ2) is 2.73. The molecule has 0 amide bonds. The third-order valence-electron chi connectivity index (χ3n) is 1.99. The molecule has 0 bridgehead atoms. The van der Waals surface area contributed by atoms with Crippen LogP contribution < -0.4 is 4.74 Å². The van der Waals surface area contributed by atoms with Crippen LogP contribution >= 0.6 is 0 Å². The van der Waals surface area contributed by atoms with Gasteiger partial charge in [0, 0.05) is 12.0 Å². The van der Waals surface area contributed by atoms with E-state index in [9.17, 15) is 9.18 Å². The van der Waals surface area contributed by atoms with Gasteiger partial charge >= 0.3 is 5.97 Å². The van der Waals surface area contributed by atoms with Crippen LogP contribution in [-0.2, 0) is 11.2 Å². The molecule has 68 valence electrons. The third kappa shape index (κ3) is 1.24. The largest absolute Gasteiger partial charge is 0.478 e. The Hall–Kier alpha value is -1.58. The zero-order valence-electron chi connectivity index (χ0n) is 6.66. The van der Waals surface area contributed by atoms with Gasteiger partial charge in [0.2, 0.25) is 0 Å². The Bertz CT molecular complexity index is 362. The van der Waals surface area contributed by atoms with Crippen LogP contribution in [0.2, 0.25) is 0 Å². The van der Waals surface area contributed by atoms with Gasteiger partial charge in [-0.3, -0.25) is 0 Å². The molecular formula is C9H7FO3. The second-order valence-electron chi connectivity index (χ2n) is 2.88. The first-order valence-electron chi connectivity index (χ1n) is 3.85. The van der Waals surface area contributed by atoms with Gasteiger partial charge in [0.25, 0.3) is 0 Å². The number of carboxylic acids is 1. The first-order valence-corrected chi connectivity index (χ1v) is 3.85. The monoisotopic (exact) mass is 182 g/mol. The lowest BCUT2D eigenvalue weighted by Gasteiger charge is -2.03. The van der Waals surface area contributed by atoms with Crippen molar-refractivity contribution in [2.45, 2.75) is 12.5 Å². The second-order valence-corrected chi connectivity index (χ2v) is 2.88. The molecule has 1 atom stereocenters. The highest BCUT2D eigenvalue weighted by Gasteiger charge is 2.30. The number of para-hydroxylation sites is 1. The Labute approximate surface area is 73.8 Å². The summed E-state index contributed by atoms with van der Waals surface area (Å²) in [4.78, 5) is 10.5. The number of hydrogen-bond acceptors (Lipinski definition) is 2. The molecule has 0 saturated carbocycles. The number of carbonyl (C=O) groups is 1. The Morgan fingerprint density at radius 3 is 3.00 bits per heavy atom. The van der Waals surface area contributed by atoms with Crippen LogP contribution in [0, 0.1) is 5.82 Å². The van der Waals surface area contributed by atoms with E-state index in [-0.39, 0.29) is 12.2 Å². The van der Waals surface area contributed by atoms with Crippen molar-refractivity contribution in [3.63, 3.8) is 0 Å². The van der Waals surface area contributed by atoms with Crippen LogP contribution in [0.1, 0.15) is 5.56 Å². The minimum Gasteiger partial charge on any atom is -0.478 e. The summed E-state index contributed by atoms with van der Waals surface area (Å²) in [5.74, 6) is -1.48. The van der Waals surface area contributed by atoms with Crippen molar-refractivity contribution in [1.29, 1.82) is 0 Å². The van der Waals surface area contributed by atoms with Crippen molar-refractivity contribution in [2.75, 3.05) is 0 Å². The molecule has 1 heterocycles. The predicted octanol–water partition coefficient (Wildman–Crippen LogP) is 1.21. The maximum atomic E-state index is 13.0. The Kier molecular flexibility index (Phi) is 1.69. The molecule has 0 saturated heterocycles. The smallest absolute Gasteiger partial charge is 0.345 e. The van der Waals surface area contributed by atoms with Crippen molar-refractivity contribution >= 4 is 5.97 Å². The minimum atomic E-state index is -1.06. The van der Waals surface area contributed by atoms with E-state index >= 15 is 0 Å². The van der Waals surface area contributed by atoms with Gasteiger partial charge < -0.3 is 9.84 Å². The van der Waals surface area contributed by atoms with E-state index in [2.05, 4.69) is 0 Å². The van der Waals surface area contributed by atoms with E-state index in [1.165, 1.54) is 6.07 Å². The van der Waals surface area contributed by atoms with Crippen molar-refractivity contribution in [1.82, 2.24) is 0 Å². The van der Waals surface area contributed by atoms with Gasteiger partial charge in [-0.25, -0.2) is 9.18 Å². The highest BCUT2D eigenvalue weighted by molar-refractivity contribution is 5.74. The van der Waals surface area contributed by atoms with Gasteiger partial charge in [0.05, 0.1) is 0 Å². The number of ether oxygens (including phenoxy) is 1. The van der Waals surface area contributed by atoms with Gasteiger partial charge in [-0.2, -0.15) is 0 Å². The van der Waals surface area contributed by atoms with E-state index in [1.807, 2.05) is 0 Å². The van der Waals surface area contributed by atoms with Crippen LogP contribution in [0.3, 0.4) is 0 Å². The van der Waals surface area contributed by atoms with E-state index < -0.39 is 17.9 Å². The molecule has 2 rings (SSSR count). The first-order chi connectivity index (χ1) is 6.18. The number of aliphatic carboxylic acids is 1. The van der Waals surface area contributed by atoms with Crippen molar-refractivity contribution in [2.24, 2.45) is 0 Å². The summed E-state index contributed by atoms with van der Waals surface area (Å²) >= 11 is 0. The maximum absolute atomic E-state index is 13.0. The molecule has 1 aromatic rings. The summed E-state index contributed by atoms with van der Waals surface area (Å²) in [5, 5.41) is 8.63. The topological polar surface area (TPSA) is 46.5 Å². The van der Waals surface area contributed by atoms with Crippen molar-refractivity contribution in [3.8, 4) is 5.75 Å². The lowest BCUT2D eigenvalue weighted by atomic mass is 10.1. The number of hydrogen-bond donors (Lipinski definition) is 1. The average molecular weight is 182 g/mol. The average Bonchev–Trinajstić information content (AvgIpc) is 2.49. The fourth-order valence-corrected chi connectivity index (χ4v) is 1.37. The molecule has 0 fully saturated rings. The standard InChI is InChI=1S/C9H7FO3/c10-6-3-1-2-5-4-7(9(11)12)13-8(5)6/h1-3,7H,4H2,(H,11,12). The Balaban J connectivity index is 2.35. The van der Waals surface area contributed by atoms with Crippen LogP contribution in [0.5, 0.6) is 5.75 Å². The first kappa shape index (κ1) is 8.04. The number of carboxylic acid groups (broad SMARTS) is 1. The minimum absolute atomic E-state index is 0.0786. The summed E-state index contributed by atoms with van der Waals surface area (Å²) in [6.45, 7) is 0. The van der Waals surface area contributed by atoms with Gasteiger partial charge in [0.15, 0.2) is 17.7 Å². The summed E-state index contributed by atoms with van der Waals surface area (Å²) in [6.07, 6.45) is -0.700. The molecule has 1 aromatic carbocycles. The molecule has 1 N–H and O–H groups in total. The molecule has 1 unspecified atom stereocenters.